The summed E-state index contributed by atoms with van der Waals surface area (Å²) >= 11 is 0. The van der Waals surface area contributed by atoms with E-state index >= 15 is 0 Å². The van der Waals surface area contributed by atoms with Crippen LogP contribution in [0.5, 0.6) is 6.01 Å². The quantitative estimate of drug-likeness (QED) is 0.503. The molecule has 2 aromatic heterocycles. The minimum atomic E-state index is -0.0348. The fourth-order valence-electron chi connectivity index (χ4n) is 1.70. The number of aromatic nitrogens is 5. The molecule has 9 nitrogen and oxygen atoms in total. The van der Waals surface area contributed by atoms with Crippen molar-refractivity contribution in [1.29, 1.82) is 0 Å². The first kappa shape index (κ1) is 15.0. The topological polar surface area (TPSA) is 116 Å². The van der Waals surface area contributed by atoms with Gasteiger partial charge in [0.1, 0.15) is 0 Å². The molecule has 0 aliphatic rings. The number of hydrogen-bond acceptors (Lipinski definition) is 8. The molecular formula is C12H20N8O. The van der Waals surface area contributed by atoms with Crippen LogP contribution in [0.4, 0.5) is 11.9 Å². The highest BCUT2D eigenvalue weighted by atomic mass is 16.5. The maximum atomic E-state index is 5.47. The highest BCUT2D eigenvalue weighted by Gasteiger charge is 2.11. The Labute approximate surface area is 122 Å². The summed E-state index contributed by atoms with van der Waals surface area (Å²) in [6, 6.07) is 2.17. The van der Waals surface area contributed by atoms with E-state index in [-0.39, 0.29) is 24.1 Å². The van der Waals surface area contributed by atoms with Gasteiger partial charge in [0.2, 0.25) is 11.9 Å². The predicted octanol–water partition coefficient (Wildman–Crippen LogP) is 0.641. The molecule has 1 unspecified atom stereocenters. The first-order chi connectivity index (χ1) is 10.1. The van der Waals surface area contributed by atoms with E-state index in [1.807, 2.05) is 37.7 Å². The molecule has 114 valence electrons. The normalized spacial score (nSPS) is 12.2. The van der Waals surface area contributed by atoms with E-state index in [2.05, 4.69) is 30.8 Å². The van der Waals surface area contributed by atoms with Crippen molar-refractivity contribution in [2.24, 2.45) is 5.84 Å². The maximum absolute atomic E-state index is 5.47. The number of ether oxygens (including phenoxy) is 1. The highest BCUT2D eigenvalue weighted by molar-refractivity contribution is 5.35. The van der Waals surface area contributed by atoms with Crippen LogP contribution in [-0.2, 0) is 6.54 Å². The van der Waals surface area contributed by atoms with Gasteiger partial charge in [0.15, 0.2) is 0 Å². The molecule has 0 saturated carbocycles. The van der Waals surface area contributed by atoms with Gasteiger partial charge in [0, 0.05) is 18.4 Å². The zero-order valence-electron chi connectivity index (χ0n) is 12.3. The van der Waals surface area contributed by atoms with Crippen LogP contribution in [0.25, 0.3) is 0 Å². The highest BCUT2D eigenvalue weighted by Crippen LogP contribution is 2.12. The van der Waals surface area contributed by atoms with Crippen molar-refractivity contribution in [3.8, 4) is 6.01 Å². The van der Waals surface area contributed by atoms with Crippen molar-refractivity contribution in [3.63, 3.8) is 0 Å². The van der Waals surface area contributed by atoms with Gasteiger partial charge in [0.25, 0.3) is 0 Å². The van der Waals surface area contributed by atoms with Crippen molar-refractivity contribution in [3.05, 3.63) is 18.5 Å². The molecular weight excluding hydrogens is 272 g/mol. The van der Waals surface area contributed by atoms with Crippen LogP contribution in [-0.4, -0.2) is 36.9 Å². The van der Waals surface area contributed by atoms with Gasteiger partial charge in [0.05, 0.1) is 12.6 Å². The standard InChI is InChI=1S/C12H20N8O/c1-8(2)21-12-17-10(16-11(18-12)19-13)15-9(3)7-20-6-4-5-14-20/h4-6,8-9H,7,13H2,1-3H3,(H2,15,16,17,18,19). The monoisotopic (exact) mass is 292 g/mol. The van der Waals surface area contributed by atoms with Crippen LogP contribution in [0.3, 0.4) is 0 Å². The molecule has 0 saturated heterocycles. The van der Waals surface area contributed by atoms with Gasteiger partial charge in [-0.3, -0.25) is 10.1 Å². The van der Waals surface area contributed by atoms with Gasteiger partial charge >= 0.3 is 6.01 Å². The fraction of sp³-hybridized carbons (Fsp3) is 0.500. The Kier molecular flexibility index (Phi) is 4.88. The zero-order chi connectivity index (χ0) is 15.2. The molecule has 9 heteroatoms. The Balaban J connectivity index is 2.07. The molecule has 0 aromatic carbocycles. The third kappa shape index (κ3) is 4.56. The molecule has 0 amide bonds. The molecule has 0 aliphatic heterocycles. The Hall–Kier alpha value is -2.42. The van der Waals surface area contributed by atoms with Gasteiger partial charge < -0.3 is 10.1 Å². The summed E-state index contributed by atoms with van der Waals surface area (Å²) in [6.45, 7) is 6.48. The minimum absolute atomic E-state index is 0.0348. The van der Waals surface area contributed by atoms with Crippen molar-refractivity contribution in [2.75, 3.05) is 10.7 Å². The molecule has 0 fully saturated rings. The van der Waals surface area contributed by atoms with Crippen molar-refractivity contribution < 1.29 is 4.74 Å². The lowest BCUT2D eigenvalue weighted by Crippen LogP contribution is -2.24. The number of nitrogens with zero attached hydrogens (tertiary/aromatic N) is 5. The summed E-state index contributed by atoms with van der Waals surface area (Å²) in [7, 11) is 0. The van der Waals surface area contributed by atoms with Crippen LogP contribution in [0.1, 0.15) is 20.8 Å². The van der Waals surface area contributed by atoms with Crippen LogP contribution < -0.4 is 21.3 Å². The predicted molar refractivity (Wildman–Crippen MR) is 78.7 cm³/mol. The molecule has 0 aliphatic carbocycles. The lowest BCUT2D eigenvalue weighted by atomic mass is 10.3. The average molecular weight is 292 g/mol. The van der Waals surface area contributed by atoms with E-state index in [4.69, 9.17) is 10.6 Å². The van der Waals surface area contributed by atoms with Gasteiger partial charge in [-0.15, -0.1) is 0 Å². The van der Waals surface area contributed by atoms with Crippen LogP contribution in [0, 0.1) is 0 Å². The van der Waals surface area contributed by atoms with E-state index in [1.54, 1.807) is 6.20 Å². The molecule has 1 atom stereocenters. The molecule has 2 aromatic rings. The van der Waals surface area contributed by atoms with Gasteiger partial charge in [-0.1, -0.05) is 0 Å². The molecule has 2 rings (SSSR count). The second-order valence-electron chi connectivity index (χ2n) is 4.85. The molecule has 2 heterocycles. The van der Waals surface area contributed by atoms with Gasteiger partial charge in [-0.25, -0.2) is 5.84 Å². The molecule has 4 N–H and O–H groups in total. The molecule has 21 heavy (non-hydrogen) atoms. The first-order valence-corrected chi connectivity index (χ1v) is 6.70. The molecule has 0 bridgehead atoms. The first-order valence-electron chi connectivity index (χ1n) is 6.70. The van der Waals surface area contributed by atoms with Crippen molar-refractivity contribution in [1.82, 2.24) is 24.7 Å². The lowest BCUT2D eigenvalue weighted by Gasteiger charge is -2.15. The number of rotatable bonds is 7. The Morgan fingerprint density at radius 3 is 2.62 bits per heavy atom. The van der Waals surface area contributed by atoms with Crippen molar-refractivity contribution in [2.45, 2.75) is 39.5 Å². The van der Waals surface area contributed by atoms with Crippen LogP contribution in [0.15, 0.2) is 18.5 Å². The number of nitrogen functional groups attached to an aromatic ring is 1. The van der Waals surface area contributed by atoms with E-state index in [9.17, 15) is 0 Å². The number of nitrogens with two attached hydrogens (primary N) is 1. The second-order valence-corrected chi connectivity index (χ2v) is 4.85. The number of anilines is 2. The Morgan fingerprint density at radius 1 is 1.24 bits per heavy atom. The molecule has 0 spiro atoms. The molecule has 0 radical (unpaired) electrons. The largest absolute Gasteiger partial charge is 0.461 e. The third-order valence-corrected chi connectivity index (χ3v) is 2.48. The summed E-state index contributed by atoms with van der Waals surface area (Å²) in [4.78, 5) is 12.4. The minimum Gasteiger partial charge on any atom is -0.461 e. The maximum Gasteiger partial charge on any atom is 0.323 e. The van der Waals surface area contributed by atoms with Crippen LogP contribution >= 0.6 is 0 Å². The number of hydrogen-bond donors (Lipinski definition) is 3. The van der Waals surface area contributed by atoms with Gasteiger partial charge in [-0.05, 0) is 26.8 Å². The summed E-state index contributed by atoms with van der Waals surface area (Å²) in [5.41, 5.74) is 2.40. The number of hydrazine groups is 1. The van der Waals surface area contributed by atoms with E-state index < -0.39 is 0 Å². The summed E-state index contributed by atoms with van der Waals surface area (Å²) in [5, 5.41) is 7.32. The van der Waals surface area contributed by atoms with Gasteiger partial charge in [-0.2, -0.15) is 20.1 Å². The third-order valence-electron chi connectivity index (χ3n) is 2.48. The van der Waals surface area contributed by atoms with E-state index in [0.29, 0.717) is 12.5 Å². The zero-order valence-corrected chi connectivity index (χ0v) is 12.3. The van der Waals surface area contributed by atoms with Crippen LogP contribution in [0.2, 0.25) is 0 Å². The Bertz CT molecular complexity index is 556. The summed E-state index contributed by atoms with van der Waals surface area (Å²) in [6.07, 6.45) is 3.60. The second kappa shape index (κ2) is 6.84. The lowest BCUT2D eigenvalue weighted by molar-refractivity contribution is 0.222. The van der Waals surface area contributed by atoms with Crippen molar-refractivity contribution >= 4 is 11.9 Å². The SMILES string of the molecule is CC(Cn1cccn1)Nc1nc(NN)nc(OC(C)C)n1. The fourth-order valence-corrected chi connectivity index (χ4v) is 1.70. The summed E-state index contributed by atoms with van der Waals surface area (Å²) in [5.74, 6) is 6.00. The number of nitrogens with one attached hydrogen (secondary N) is 2. The smallest absolute Gasteiger partial charge is 0.323 e. The van der Waals surface area contributed by atoms with E-state index in [0.717, 1.165) is 0 Å². The van der Waals surface area contributed by atoms with E-state index in [1.165, 1.54) is 0 Å². The average Bonchev–Trinajstić information content (AvgIpc) is 2.90. The summed E-state index contributed by atoms with van der Waals surface area (Å²) < 4.78 is 7.30. The Morgan fingerprint density at radius 2 is 2.00 bits per heavy atom.